The Morgan fingerprint density at radius 1 is 0.800 bits per heavy atom. The van der Waals surface area contributed by atoms with E-state index in [1.165, 1.54) is 51.4 Å². The number of fused-ring (bicyclic) bond motifs is 5. The van der Waals surface area contributed by atoms with Crippen molar-refractivity contribution < 1.29 is 0 Å². The summed E-state index contributed by atoms with van der Waals surface area (Å²) in [5.74, 6) is 3.00. The maximum Gasteiger partial charge on any atom is -0.0241 e. The molecule has 3 aliphatic rings. The normalized spacial score (nSPS) is 30.0. The summed E-state index contributed by atoms with van der Waals surface area (Å²) in [5, 5.41) is 0. The van der Waals surface area contributed by atoms with Crippen LogP contribution in [0.2, 0.25) is 0 Å². The maximum absolute atomic E-state index is 1.89. The molecule has 0 saturated heterocycles. The van der Waals surface area contributed by atoms with Gasteiger partial charge in [-0.15, -0.1) is 0 Å². The lowest BCUT2D eigenvalue weighted by Gasteiger charge is -2.31. The van der Waals surface area contributed by atoms with Crippen LogP contribution in [0.3, 0.4) is 0 Å². The van der Waals surface area contributed by atoms with Gasteiger partial charge in [-0.05, 0) is 43.9 Å². The smallest absolute Gasteiger partial charge is 0.0241 e. The molecule has 0 aromatic rings. The van der Waals surface area contributed by atoms with Crippen LogP contribution in [-0.2, 0) is 0 Å². The van der Waals surface area contributed by atoms with Crippen molar-refractivity contribution in [1.82, 2.24) is 0 Å². The Labute approximate surface area is 64.0 Å². The first-order chi connectivity index (χ1) is 4.95. The average Bonchev–Trinajstić information content (AvgIpc) is 1.89. The fourth-order valence-electron chi connectivity index (χ4n) is 2.43. The minimum atomic E-state index is 1.11. The molecular weight excluding hydrogens is 120 g/mol. The van der Waals surface area contributed by atoms with Gasteiger partial charge in [0, 0.05) is 0 Å². The van der Waals surface area contributed by atoms with E-state index in [-0.39, 0.29) is 0 Å². The Morgan fingerprint density at radius 3 is 2.40 bits per heavy atom. The predicted octanol–water partition coefficient (Wildman–Crippen LogP) is 3.33. The van der Waals surface area contributed by atoms with E-state index in [1.54, 1.807) is 0 Å². The van der Waals surface area contributed by atoms with Gasteiger partial charge >= 0.3 is 0 Å². The van der Waals surface area contributed by atoms with Crippen LogP contribution in [0.15, 0.2) is 0 Å². The standard InChI is InChI=1S/C10H17/c1-2-4-10-7-5-9(3-1)6-8-10/h9H,1-8H2. The fourth-order valence-corrected chi connectivity index (χ4v) is 2.43. The molecule has 1 radical (unpaired) electrons. The quantitative estimate of drug-likeness (QED) is 0.480. The van der Waals surface area contributed by atoms with E-state index in [9.17, 15) is 0 Å². The molecule has 0 unspecified atom stereocenters. The molecule has 0 N–H and O–H groups in total. The van der Waals surface area contributed by atoms with Crippen molar-refractivity contribution in [2.45, 2.75) is 51.4 Å². The number of rotatable bonds is 0. The van der Waals surface area contributed by atoms with Crippen LogP contribution < -0.4 is 0 Å². The Kier molecular flexibility index (Phi) is 1.97. The summed E-state index contributed by atoms with van der Waals surface area (Å²) >= 11 is 0. The topological polar surface area (TPSA) is 0 Å². The van der Waals surface area contributed by atoms with E-state index in [4.69, 9.17) is 0 Å². The lowest BCUT2D eigenvalue weighted by molar-refractivity contribution is 0.309. The summed E-state index contributed by atoms with van der Waals surface area (Å²) in [6.45, 7) is 0. The zero-order valence-electron chi connectivity index (χ0n) is 6.73. The highest BCUT2D eigenvalue weighted by atomic mass is 14.3. The minimum Gasteiger partial charge on any atom is -0.0530 e. The predicted molar refractivity (Wildman–Crippen MR) is 43.7 cm³/mol. The monoisotopic (exact) mass is 137 g/mol. The second kappa shape index (κ2) is 2.94. The van der Waals surface area contributed by atoms with Crippen LogP contribution in [0.4, 0.5) is 0 Å². The molecule has 2 bridgehead atoms. The Morgan fingerprint density at radius 2 is 1.60 bits per heavy atom. The zero-order valence-corrected chi connectivity index (χ0v) is 6.73. The second-order valence-corrected chi connectivity index (χ2v) is 3.94. The van der Waals surface area contributed by atoms with E-state index in [0.717, 1.165) is 5.92 Å². The molecule has 0 atom stereocenters. The van der Waals surface area contributed by atoms with Crippen LogP contribution in [0.5, 0.6) is 0 Å². The van der Waals surface area contributed by atoms with Crippen LogP contribution >= 0.6 is 0 Å². The number of hydrogen-bond donors (Lipinski definition) is 0. The Balaban J connectivity index is 1.94. The largest absolute Gasteiger partial charge is 0.0530 e. The highest BCUT2D eigenvalue weighted by Gasteiger charge is 2.23. The summed E-state index contributed by atoms with van der Waals surface area (Å²) < 4.78 is 0. The zero-order chi connectivity index (χ0) is 6.81. The molecular formula is C10H17. The van der Waals surface area contributed by atoms with E-state index >= 15 is 0 Å². The molecule has 57 valence electrons. The van der Waals surface area contributed by atoms with E-state index < -0.39 is 0 Å². The van der Waals surface area contributed by atoms with Gasteiger partial charge < -0.3 is 0 Å². The molecule has 0 nitrogen and oxygen atoms in total. The van der Waals surface area contributed by atoms with Crippen molar-refractivity contribution >= 4 is 0 Å². The van der Waals surface area contributed by atoms with E-state index in [1.807, 2.05) is 5.92 Å². The lowest BCUT2D eigenvalue weighted by Crippen LogP contribution is -2.15. The first-order valence-electron chi connectivity index (χ1n) is 4.79. The molecule has 0 heteroatoms. The molecule has 3 aliphatic carbocycles. The number of hydrogen-bond acceptors (Lipinski definition) is 0. The molecule has 3 rings (SSSR count). The molecule has 0 aromatic carbocycles. The molecule has 0 spiro atoms. The third-order valence-corrected chi connectivity index (χ3v) is 3.20. The Hall–Kier alpha value is 0. The van der Waals surface area contributed by atoms with Gasteiger partial charge in [0.15, 0.2) is 0 Å². The summed E-state index contributed by atoms with van der Waals surface area (Å²) in [7, 11) is 0. The molecule has 3 saturated carbocycles. The third-order valence-electron chi connectivity index (χ3n) is 3.20. The van der Waals surface area contributed by atoms with E-state index in [0.29, 0.717) is 0 Å². The molecule has 0 aliphatic heterocycles. The molecule has 0 amide bonds. The van der Waals surface area contributed by atoms with Gasteiger partial charge in [0.25, 0.3) is 0 Å². The second-order valence-electron chi connectivity index (χ2n) is 3.94. The van der Waals surface area contributed by atoms with Crippen LogP contribution in [0.1, 0.15) is 51.4 Å². The van der Waals surface area contributed by atoms with Crippen molar-refractivity contribution in [3.63, 3.8) is 0 Å². The van der Waals surface area contributed by atoms with Crippen LogP contribution in [0.25, 0.3) is 0 Å². The SMILES string of the molecule is C1CCC2CC[C](C1)CC2. The van der Waals surface area contributed by atoms with Crippen LogP contribution in [-0.4, -0.2) is 0 Å². The average molecular weight is 137 g/mol. The van der Waals surface area contributed by atoms with Crippen molar-refractivity contribution in [2.24, 2.45) is 5.92 Å². The molecule has 0 aromatic heterocycles. The van der Waals surface area contributed by atoms with Gasteiger partial charge in [-0.1, -0.05) is 19.3 Å². The summed E-state index contributed by atoms with van der Waals surface area (Å²) in [4.78, 5) is 0. The van der Waals surface area contributed by atoms with Crippen molar-refractivity contribution in [3.05, 3.63) is 5.92 Å². The molecule has 3 fully saturated rings. The van der Waals surface area contributed by atoms with Gasteiger partial charge in [0.2, 0.25) is 0 Å². The van der Waals surface area contributed by atoms with Gasteiger partial charge in [-0.2, -0.15) is 0 Å². The Bertz CT molecular complexity index is 79.1. The first-order valence-corrected chi connectivity index (χ1v) is 4.79. The van der Waals surface area contributed by atoms with Crippen molar-refractivity contribution in [2.75, 3.05) is 0 Å². The van der Waals surface area contributed by atoms with Crippen molar-refractivity contribution in [1.29, 1.82) is 0 Å². The maximum atomic E-state index is 1.89. The minimum absolute atomic E-state index is 1.11. The van der Waals surface area contributed by atoms with Crippen LogP contribution in [0, 0.1) is 11.8 Å². The molecule has 10 heavy (non-hydrogen) atoms. The third kappa shape index (κ3) is 1.36. The molecule has 0 heterocycles. The van der Waals surface area contributed by atoms with Gasteiger partial charge in [0.1, 0.15) is 0 Å². The lowest BCUT2D eigenvalue weighted by atomic mass is 9.75. The summed E-state index contributed by atoms with van der Waals surface area (Å²) in [6.07, 6.45) is 12.0. The van der Waals surface area contributed by atoms with E-state index in [2.05, 4.69) is 0 Å². The van der Waals surface area contributed by atoms with Gasteiger partial charge in [-0.25, -0.2) is 0 Å². The van der Waals surface area contributed by atoms with Gasteiger partial charge in [0.05, 0.1) is 0 Å². The summed E-state index contributed by atoms with van der Waals surface area (Å²) in [5.41, 5.74) is 0. The van der Waals surface area contributed by atoms with Gasteiger partial charge in [-0.3, -0.25) is 0 Å². The first kappa shape index (κ1) is 6.69. The summed E-state index contributed by atoms with van der Waals surface area (Å²) in [6, 6.07) is 0. The van der Waals surface area contributed by atoms with Crippen molar-refractivity contribution in [3.8, 4) is 0 Å². The highest BCUT2D eigenvalue weighted by molar-refractivity contribution is 4.95. The fraction of sp³-hybridized carbons (Fsp3) is 0.900. The highest BCUT2D eigenvalue weighted by Crippen LogP contribution is 2.38.